The average Bonchev–Trinajstić information content (AvgIpc) is 2.46. The molecule has 0 aliphatic heterocycles. The zero-order valence-corrected chi connectivity index (χ0v) is 11.6. The molecule has 21 heavy (non-hydrogen) atoms. The van der Waals surface area contributed by atoms with Crippen molar-refractivity contribution in [2.24, 2.45) is 5.73 Å². The Morgan fingerprint density at radius 2 is 1.48 bits per heavy atom. The predicted molar refractivity (Wildman–Crippen MR) is 81.1 cm³/mol. The highest BCUT2D eigenvalue weighted by atomic mass is 19.1. The lowest BCUT2D eigenvalue weighted by Gasteiger charge is -2.16. The first-order valence-corrected chi connectivity index (χ1v) is 6.76. The topological polar surface area (TPSA) is 26.0 Å². The number of fused-ring (bicyclic) bond motifs is 1. The fourth-order valence-corrected chi connectivity index (χ4v) is 2.68. The standard InChI is InChI=1S/C18H15F2N/c1-11-6-7-17(16-5-3-2-4-15(11)16)18(21)12-8-13(19)10-14(20)9-12/h2-10,18H,21H2,1H3. The number of benzene rings is 3. The van der Waals surface area contributed by atoms with E-state index in [9.17, 15) is 8.78 Å². The van der Waals surface area contributed by atoms with E-state index in [0.29, 0.717) is 5.56 Å². The smallest absolute Gasteiger partial charge is 0.126 e. The Morgan fingerprint density at radius 1 is 0.857 bits per heavy atom. The largest absolute Gasteiger partial charge is 0.320 e. The van der Waals surface area contributed by atoms with E-state index in [1.807, 2.05) is 43.3 Å². The molecule has 0 bridgehead atoms. The molecule has 0 fully saturated rings. The summed E-state index contributed by atoms with van der Waals surface area (Å²) in [4.78, 5) is 0. The Morgan fingerprint density at radius 3 is 2.14 bits per heavy atom. The van der Waals surface area contributed by atoms with Crippen molar-refractivity contribution in [3.8, 4) is 0 Å². The summed E-state index contributed by atoms with van der Waals surface area (Å²) in [6.45, 7) is 2.03. The summed E-state index contributed by atoms with van der Waals surface area (Å²) in [6, 6.07) is 14.6. The Labute approximate surface area is 122 Å². The molecule has 0 amide bonds. The molecular formula is C18H15F2N. The minimum absolute atomic E-state index is 0.432. The third-order valence-electron chi connectivity index (χ3n) is 3.75. The Hall–Kier alpha value is -2.26. The van der Waals surface area contributed by atoms with Gasteiger partial charge in [-0.2, -0.15) is 0 Å². The molecule has 0 aromatic heterocycles. The first kappa shape index (κ1) is 13.7. The molecule has 1 nitrogen and oxygen atoms in total. The van der Waals surface area contributed by atoms with E-state index in [1.54, 1.807) is 0 Å². The zero-order chi connectivity index (χ0) is 15.0. The second-order valence-electron chi connectivity index (χ2n) is 5.20. The molecule has 0 spiro atoms. The van der Waals surface area contributed by atoms with Gasteiger partial charge in [0, 0.05) is 6.07 Å². The predicted octanol–water partition coefficient (Wildman–Crippen LogP) is 4.47. The van der Waals surface area contributed by atoms with Gasteiger partial charge in [0.1, 0.15) is 11.6 Å². The molecule has 2 N–H and O–H groups in total. The molecule has 0 aliphatic rings. The highest BCUT2D eigenvalue weighted by Crippen LogP contribution is 2.29. The van der Waals surface area contributed by atoms with E-state index < -0.39 is 17.7 Å². The SMILES string of the molecule is Cc1ccc(C(N)c2cc(F)cc(F)c2)c2ccccc12. The summed E-state index contributed by atoms with van der Waals surface area (Å²) in [5.41, 5.74) is 8.68. The fraction of sp³-hybridized carbons (Fsp3) is 0.111. The van der Waals surface area contributed by atoms with Crippen molar-refractivity contribution in [2.75, 3.05) is 0 Å². The average molecular weight is 283 g/mol. The van der Waals surface area contributed by atoms with Crippen molar-refractivity contribution in [1.82, 2.24) is 0 Å². The Balaban J connectivity index is 2.18. The zero-order valence-electron chi connectivity index (χ0n) is 11.6. The number of hydrogen-bond donors (Lipinski definition) is 1. The van der Waals surface area contributed by atoms with Crippen molar-refractivity contribution in [3.05, 3.63) is 82.9 Å². The first-order chi connectivity index (χ1) is 10.1. The van der Waals surface area contributed by atoms with Gasteiger partial charge in [-0.15, -0.1) is 0 Å². The molecule has 0 radical (unpaired) electrons. The summed E-state index contributed by atoms with van der Waals surface area (Å²) in [6.07, 6.45) is 0. The number of halogens is 2. The maximum absolute atomic E-state index is 13.4. The van der Waals surface area contributed by atoms with Crippen molar-refractivity contribution in [1.29, 1.82) is 0 Å². The lowest BCUT2D eigenvalue weighted by Crippen LogP contribution is -2.13. The van der Waals surface area contributed by atoms with Crippen molar-refractivity contribution < 1.29 is 8.78 Å². The van der Waals surface area contributed by atoms with Crippen LogP contribution < -0.4 is 5.73 Å². The summed E-state index contributed by atoms with van der Waals surface area (Å²) in [7, 11) is 0. The molecule has 1 atom stereocenters. The Bertz CT molecular complexity index is 791. The van der Waals surface area contributed by atoms with Crippen LogP contribution in [0.25, 0.3) is 10.8 Å². The van der Waals surface area contributed by atoms with E-state index in [-0.39, 0.29) is 0 Å². The van der Waals surface area contributed by atoms with Crippen LogP contribution in [0.4, 0.5) is 8.78 Å². The van der Waals surface area contributed by atoms with Crippen LogP contribution in [0.1, 0.15) is 22.7 Å². The quantitative estimate of drug-likeness (QED) is 0.737. The Kier molecular flexibility index (Phi) is 3.43. The molecular weight excluding hydrogens is 268 g/mol. The molecule has 3 rings (SSSR count). The maximum atomic E-state index is 13.4. The van der Waals surface area contributed by atoms with Gasteiger partial charge >= 0.3 is 0 Å². The van der Waals surface area contributed by atoms with Crippen LogP contribution >= 0.6 is 0 Å². The van der Waals surface area contributed by atoms with Crippen LogP contribution in [0.5, 0.6) is 0 Å². The lowest BCUT2D eigenvalue weighted by molar-refractivity contribution is 0.577. The van der Waals surface area contributed by atoms with Crippen molar-refractivity contribution in [2.45, 2.75) is 13.0 Å². The molecule has 3 aromatic carbocycles. The van der Waals surface area contributed by atoms with Gasteiger partial charge < -0.3 is 5.73 Å². The summed E-state index contributed by atoms with van der Waals surface area (Å²) >= 11 is 0. The number of hydrogen-bond acceptors (Lipinski definition) is 1. The summed E-state index contributed by atoms with van der Waals surface area (Å²) in [5, 5.41) is 2.11. The van der Waals surface area contributed by atoms with Crippen LogP contribution in [-0.4, -0.2) is 0 Å². The van der Waals surface area contributed by atoms with Gasteiger partial charge in [0.2, 0.25) is 0 Å². The highest BCUT2D eigenvalue weighted by Gasteiger charge is 2.14. The van der Waals surface area contributed by atoms with Gasteiger partial charge in [-0.05, 0) is 46.5 Å². The van der Waals surface area contributed by atoms with Crippen LogP contribution in [0.3, 0.4) is 0 Å². The normalized spacial score (nSPS) is 12.6. The second-order valence-corrected chi connectivity index (χ2v) is 5.20. The number of aryl methyl sites for hydroxylation is 1. The van der Waals surface area contributed by atoms with E-state index >= 15 is 0 Å². The van der Waals surface area contributed by atoms with Crippen molar-refractivity contribution >= 4 is 10.8 Å². The lowest BCUT2D eigenvalue weighted by atomic mass is 9.92. The van der Waals surface area contributed by atoms with Gasteiger partial charge in [0.15, 0.2) is 0 Å². The molecule has 3 heteroatoms. The van der Waals surface area contributed by atoms with E-state index in [4.69, 9.17) is 5.73 Å². The summed E-state index contributed by atoms with van der Waals surface area (Å²) < 4.78 is 26.8. The van der Waals surface area contributed by atoms with Crippen LogP contribution in [-0.2, 0) is 0 Å². The second kappa shape index (κ2) is 5.26. The van der Waals surface area contributed by atoms with Gasteiger partial charge in [-0.3, -0.25) is 0 Å². The van der Waals surface area contributed by atoms with Gasteiger partial charge in [0.05, 0.1) is 6.04 Å². The molecule has 3 aromatic rings. The van der Waals surface area contributed by atoms with E-state index in [2.05, 4.69) is 0 Å². The molecule has 0 saturated heterocycles. The number of rotatable bonds is 2. The van der Waals surface area contributed by atoms with Gasteiger partial charge in [-0.1, -0.05) is 36.4 Å². The third kappa shape index (κ3) is 2.52. The minimum atomic E-state index is -0.614. The highest BCUT2D eigenvalue weighted by molar-refractivity contribution is 5.89. The van der Waals surface area contributed by atoms with E-state index in [1.165, 1.54) is 12.1 Å². The monoisotopic (exact) mass is 283 g/mol. The van der Waals surface area contributed by atoms with Gasteiger partial charge in [-0.25, -0.2) is 8.78 Å². The van der Waals surface area contributed by atoms with Crippen LogP contribution in [0, 0.1) is 18.6 Å². The molecule has 1 unspecified atom stereocenters. The van der Waals surface area contributed by atoms with Gasteiger partial charge in [0.25, 0.3) is 0 Å². The minimum Gasteiger partial charge on any atom is -0.320 e. The third-order valence-corrected chi connectivity index (χ3v) is 3.75. The molecule has 0 aliphatic carbocycles. The fourth-order valence-electron chi connectivity index (χ4n) is 2.68. The van der Waals surface area contributed by atoms with Crippen LogP contribution in [0.2, 0.25) is 0 Å². The molecule has 106 valence electrons. The van der Waals surface area contributed by atoms with Crippen molar-refractivity contribution in [3.63, 3.8) is 0 Å². The number of nitrogens with two attached hydrogens (primary N) is 1. The first-order valence-electron chi connectivity index (χ1n) is 6.76. The van der Waals surface area contributed by atoms with E-state index in [0.717, 1.165) is 28.0 Å². The summed E-state index contributed by atoms with van der Waals surface area (Å²) in [5.74, 6) is -1.23. The maximum Gasteiger partial charge on any atom is 0.126 e. The van der Waals surface area contributed by atoms with Crippen LogP contribution in [0.15, 0.2) is 54.6 Å². The molecule has 0 saturated carbocycles. The molecule has 0 heterocycles.